The Bertz CT molecular complexity index is 1100. The minimum Gasteiger partial charge on any atom is -0.482 e. The van der Waals surface area contributed by atoms with Crippen LogP contribution >= 0.6 is 10.7 Å². The third kappa shape index (κ3) is 6.19. The van der Waals surface area contributed by atoms with Crippen LogP contribution in [0.25, 0.3) is 0 Å². The van der Waals surface area contributed by atoms with E-state index < -0.39 is 31.5 Å². The van der Waals surface area contributed by atoms with Gasteiger partial charge in [0, 0.05) is 10.7 Å². The Kier molecular flexibility index (Phi) is 7.31. The van der Waals surface area contributed by atoms with Gasteiger partial charge in [0.05, 0.1) is 15.5 Å². The molecule has 0 aliphatic rings. The van der Waals surface area contributed by atoms with Crippen molar-refractivity contribution < 1.29 is 31.1 Å². The second-order valence-corrected chi connectivity index (χ2v) is 11.0. The Morgan fingerprint density at radius 2 is 1.55 bits per heavy atom. The molecule has 7 nitrogen and oxygen atoms in total. The SMILES string of the molecule is Cc1ccccc1S(=O)(=O)CCOC(=O)COc1cc(C)c(S(=O)(=O)Cl)c(C)c1. The van der Waals surface area contributed by atoms with Crippen LogP contribution in [-0.2, 0) is 28.4 Å². The van der Waals surface area contributed by atoms with Crippen molar-refractivity contribution in [3.8, 4) is 5.75 Å². The monoisotopic (exact) mass is 460 g/mol. The molecular weight excluding hydrogens is 440 g/mol. The third-order valence-electron chi connectivity index (χ3n) is 4.08. The summed E-state index contributed by atoms with van der Waals surface area (Å²) in [5, 5.41) is 0. The number of benzene rings is 2. The van der Waals surface area contributed by atoms with E-state index in [4.69, 9.17) is 20.2 Å². The van der Waals surface area contributed by atoms with Crippen molar-refractivity contribution in [1.82, 2.24) is 0 Å². The van der Waals surface area contributed by atoms with Gasteiger partial charge in [0.25, 0.3) is 9.05 Å². The summed E-state index contributed by atoms with van der Waals surface area (Å²) < 4.78 is 58.1. The van der Waals surface area contributed by atoms with Crippen LogP contribution in [0.5, 0.6) is 5.75 Å². The molecule has 0 heterocycles. The third-order valence-corrected chi connectivity index (χ3v) is 7.50. The zero-order chi connectivity index (χ0) is 21.8. The molecule has 0 aliphatic carbocycles. The van der Waals surface area contributed by atoms with E-state index in [-0.39, 0.29) is 27.9 Å². The zero-order valence-corrected chi connectivity index (χ0v) is 18.5. The van der Waals surface area contributed by atoms with Gasteiger partial charge in [0.1, 0.15) is 12.4 Å². The summed E-state index contributed by atoms with van der Waals surface area (Å²) in [7, 11) is -2.06. The summed E-state index contributed by atoms with van der Waals surface area (Å²) in [5.41, 5.74) is 1.38. The van der Waals surface area contributed by atoms with E-state index >= 15 is 0 Å². The van der Waals surface area contributed by atoms with Crippen LogP contribution in [0.3, 0.4) is 0 Å². The summed E-state index contributed by atoms with van der Waals surface area (Å²) in [6.45, 7) is 4.06. The molecule has 0 saturated carbocycles. The second kappa shape index (κ2) is 9.15. The number of hydrogen-bond donors (Lipinski definition) is 0. The van der Waals surface area contributed by atoms with Crippen molar-refractivity contribution >= 4 is 35.5 Å². The maximum absolute atomic E-state index is 12.3. The number of carbonyl (C=O) groups is 1. The number of carbonyl (C=O) groups excluding carboxylic acids is 1. The molecule has 2 aromatic carbocycles. The lowest BCUT2D eigenvalue weighted by Gasteiger charge is -2.12. The van der Waals surface area contributed by atoms with Gasteiger partial charge in [-0.05, 0) is 55.7 Å². The largest absolute Gasteiger partial charge is 0.482 e. The molecule has 158 valence electrons. The first kappa shape index (κ1) is 23.2. The quantitative estimate of drug-likeness (QED) is 0.440. The molecule has 0 saturated heterocycles. The molecule has 0 aliphatic heterocycles. The first-order valence-electron chi connectivity index (χ1n) is 8.54. The highest BCUT2D eigenvalue weighted by atomic mass is 35.7. The fourth-order valence-electron chi connectivity index (χ4n) is 2.84. The van der Waals surface area contributed by atoms with Gasteiger partial charge in [-0.3, -0.25) is 0 Å². The summed E-state index contributed by atoms with van der Waals surface area (Å²) in [4.78, 5) is 12.0. The first-order valence-corrected chi connectivity index (χ1v) is 12.5. The molecule has 29 heavy (non-hydrogen) atoms. The van der Waals surface area contributed by atoms with Crippen molar-refractivity contribution in [2.45, 2.75) is 30.6 Å². The predicted octanol–water partition coefficient (Wildman–Crippen LogP) is 2.94. The predicted molar refractivity (Wildman–Crippen MR) is 109 cm³/mol. The summed E-state index contributed by atoms with van der Waals surface area (Å²) in [6, 6.07) is 9.45. The van der Waals surface area contributed by atoms with Crippen molar-refractivity contribution in [2.24, 2.45) is 0 Å². The Hall–Kier alpha value is -2.10. The van der Waals surface area contributed by atoms with Crippen LogP contribution in [0.15, 0.2) is 46.2 Å². The molecule has 0 amide bonds. The van der Waals surface area contributed by atoms with E-state index in [9.17, 15) is 21.6 Å². The number of ether oxygens (including phenoxy) is 2. The van der Waals surface area contributed by atoms with Gasteiger partial charge < -0.3 is 9.47 Å². The van der Waals surface area contributed by atoms with Crippen LogP contribution in [0.4, 0.5) is 0 Å². The van der Waals surface area contributed by atoms with Crippen LogP contribution in [0, 0.1) is 20.8 Å². The summed E-state index contributed by atoms with van der Waals surface area (Å²) >= 11 is 0. The number of sulfone groups is 1. The Labute approximate surface area is 174 Å². The van der Waals surface area contributed by atoms with Gasteiger partial charge in [-0.25, -0.2) is 21.6 Å². The fourth-order valence-corrected chi connectivity index (χ4v) is 5.83. The zero-order valence-electron chi connectivity index (χ0n) is 16.1. The van der Waals surface area contributed by atoms with Gasteiger partial charge >= 0.3 is 5.97 Å². The smallest absolute Gasteiger partial charge is 0.344 e. The number of aryl methyl sites for hydroxylation is 3. The topological polar surface area (TPSA) is 104 Å². The average Bonchev–Trinajstić information content (AvgIpc) is 2.58. The highest BCUT2D eigenvalue weighted by Gasteiger charge is 2.19. The van der Waals surface area contributed by atoms with Crippen molar-refractivity contribution in [2.75, 3.05) is 19.0 Å². The Morgan fingerprint density at radius 1 is 0.966 bits per heavy atom. The highest BCUT2D eigenvalue weighted by Crippen LogP contribution is 2.28. The molecule has 0 bridgehead atoms. The van der Waals surface area contributed by atoms with Gasteiger partial charge in [-0.15, -0.1) is 0 Å². The fraction of sp³-hybridized carbons (Fsp3) is 0.316. The van der Waals surface area contributed by atoms with Crippen molar-refractivity contribution in [3.05, 3.63) is 53.1 Å². The molecular formula is C19H21ClO7S2. The number of halogens is 1. The lowest BCUT2D eigenvalue weighted by atomic mass is 10.1. The highest BCUT2D eigenvalue weighted by molar-refractivity contribution is 8.13. The Balaban J connectivity index is 1.92. The molecule has 0 spiro atoms. The van der Waals surface area contributed by atoms with Gasteiger partial charge in [-0.1, -0.05) is 18.2 Å². The molecule has 2 rings (SSSR count). The average molecular weight is 461 g/mol. The molecule has 0 aromatic heterocycles. The van der Waals surface area contributed by atoms with Gasteiger partial charge in [-0.2, -0.15) is 0 Å². The lowest BCUT2D eigenvalue weighted by Crippen LogP contribution is -2.20. The molecule has 2 aromatic rings. The Morgan fingerprint density at radius 3 is 2.10 bits per heavy atom. The standard InChI is InChI=1S/C19H21ClO7S2/c1-13-6-4-5-7-17(13)28(22,23)9-8-26-18(21)12-27-16-10-14(2)19(15(3)11-16)29(20,24)25/h4-7,10-11H,8-9,12H2,1-3H3. The van der Waals surface area contributed by atoms with Crippen LogP contribution in [0.2, 0.25) is 0 Å². The second-order valence-electron chi connectivity index (χ2n) is 6.42. The van der Waals surface area contributed by atoms with E-state index in [1.165, 1.54) is 18.2 Å². The maximum Gasteiger partial charge on any atom is 0.344 e. The van der Waals surface area contributed by atoms with Crippen LogP contribution in [0.1, 0.15) is 16.7 Å². The molecule has 0 atom stereocenters. The van der Waals surface area contributed by atoms with E-state index in [2.05, 4.69) is 0 Å². The minimum atomic E-state index is -3.90. The molecule has 0 radical (unpaired) electrons. The molecule has 10 heteroatoms. The molecule has 0 N–H and O–H groups in total. The summed E-state index contributed by atoms with van der Waals surface area (Å²) in [6.07, 6.45) is 0. The number of hydrogen-bond acceptors (Lipinski definition) is 7. The first-order chi connectivity index (χ1) is 13.4. The number of esters is 1. The van der Waals surface area contributed by atoms with Gasteiger partial charge in [0.2, 0.25) is 0 Å². The van der Waals surface area contributed by atoms with Crippen LogP contribution < -0.4 is 4.74 Å². The van der Waals surface area contributed by atoms with Crippen molar-refractivity contribution in [3.63, 3.8) is 0 Å². The van der Waals surface area contributed by atoms with Crippen molar-refractivity contribution in [1.29, 1.82) is 0 Å². The van der Waals surface area contributed by atoms with E-state index in [1.807, 2.05) is 0 Å². The summed E-state index contributed by atoms with van der Waals surface area (Å²) in [5.74, 6) is -0.813. The minimum absolute atomic E-state index is 0.00416. The van der Waals surface area contributed by atoms with E-state index in [0.29, 0.717) is 16.7 Å². The molecule has 0 unspecified atom stereocenters. The van der Waals surface area contributed by atoms with Gasteiger partial charge in [0.15, 0.2) is 16.4 Å². The number of rotatable bonds is 8. The van der Waals surface area contributed by atoms with E-state index in [1.54, 1.807) is 39.0 Å². The van der Waals surface area contributed by atoms with Crippen LogP contribution in [-0.4, -0.2) is 41.8 Å². The molecule has 0 fully saturated rings. The maximum atomic E-state index is 12.3. The lowest BCUT2D eigenvalue weighted by molar-refractivity contribution is -0.145. The van der Waals surface area contributed by atoms with E-state index in [0.717, 1.165) is 0 Å². The normalized spacial score (nSPS) is 11.9.